The van der Waals surface area contributed by atoms with E-state index in [1.54, 1.807) is 66.6 Å². The molecule has 1 N–H and O–H groups in total. The Hall–Kier alpha value is -4.17. The molecule has 0 spiro atoms. The first-order valence-electron chi connectivity index (χ1n) is 21.6. The van der Waals surface area contributed by atoms with E-state index >= 15 is 0 Å². The van der Waals surface area contributed by atoms with Crippen molar-refractivity contribution in [2.45, 2.75) is 32.6 Å². The van der Waals surface area contributed by atoms with Crippen LogP contribution in [0.4, 0.5) is 3.70 Å². The van der Waals surface area contributed by atoms with Gasteiger partial charge < -0.3 is 5.32 Å². The number of amides is 6. The standard InChI is InChI=1S/C19H17N3O2STe.C11H9ClN2O2STe.C8H9N.C6H8N2O2S.C5H3ClOTe/c1-20-17(23)15(18(24)21(2)19(20)25)9-14-7-8-16(26-14)22-10-12-5-3-4-6-13(12)11-22;1-13-9(15)7(10(16)14(2)11(13)17)5-6-3-4-8(12)18-6;1-2-4-8-6-9-5-7(8)3-1;1-7-4(9)3-5(10)8(2)6(7)11;6-5-2-1-4(3-7)8-5/h3-9H,10-11H2,1-2H3;3-5H,1-2H3;1-4,9H,5-6H2;3H2,1-2H3;1-3H. The molecule has 23 heteroatoms. The van der Waals surface area contributed by atoms with Gasteiger partial charge in [0.2, 0.25) is 11.8 Å². The van der Waals surface area contributed by atoms with E-state index < -0.39 is 61.3 Å². The summed E-state index contributed by atoms with van der Waals surface area (Å²) in [5.41, 5.74) is 6.00. The van der Waals surface area contributed by atoms with Crippen LogP contribution in [0, 0.1) is 0 Å². The maximum absolute atomic E-state index is 12.4. The number of carbonyl (C=O) groups excluding carboxylic acids is 7. The van der Waals surface area contributed by atoms with E-state index in [0.717, 1.165) is 49.3 Å². The molecule has 0 bridgehead atoms. The minimum Gasteiger partial charge on any atom is -0.309 e. The van der Waals surface area contributed by atoms with Gasteiger partial charge in [-0.1, -0.05) is 24.3 Å². The molecule has 5 aliphatic heterocycles. The molecule has 0 radical (unpaired) electrons. The van der Waals surface area contributed by atoms with E-state index in [0.29, 0.717) is 0 Å². The fraction of sp³-hybridized carbons (Fsp3) is 0.224. The van der Waals surface area contributed by atoms with Crippen LogP contribution in [0.1, 0.15) is 44.2 Å². The van der Waals surface area contributed by atoms with Crippen LogP contribution in [0.3, 0.4) is 0 Å². The van der Waals surface area contributed by atoms with Crippen molar-refractivity contribution in [2.24, 2.45) is 0 Å². The third kappa shape index (κ3) is 13.9. The quantitative estimate of drug-likeness (QED) is 0.0648. The molecule has 6 amide bonds. The van der Waals surface area contributed by atoms with Gasteiger partial charge in [-0.3, -0.25) is 19.4 Å². The van der Waals surface area contributed by atoms with Gasteiger partial charge >= 0.3 is 354 Å². The molecule has 3 fully saturated rings. The number of nitrogens with zero attached hydrogens (tertiary/aromatic N) is 7. The molecule has 3 aromatic heterocycles. The van der Waals surface area contributed by atoms with Crippen LogP contribution in [0.5, 0.6) is 0 Å². The summed E-state index contributed by atoms with van der Waals surface area (Å²) >= 11 is 24.8. The maximum Gasteiger partial charge on any atom is 0.0211 e. The summed E-state index contributed by atoms with van der Waals surface area (Å²) in [4.78, 5) is 91.2. The molecule has 10 rings (SSSR count). The van der Waals surface area contributed by atoms with Crippen LogP contribution in [-0.4, -0.2) is 190 Å². The first kappa shape index (κ1) is 57.1. The molecule has 72 heavy (non-hydrogen) atoms. The number of benzene rings is 2. The molecule has 0 aliphatic carbocycles. The minimum atomic E-state index is -0.638. The zero-order chi connectivity index (χ0) is 52.6. The first-order chi connectivity index (χ1) is 34.2. The predicted molar refractivity (Wildman–Crippen MR) is 294 cm³/mol. The van der Waals surface area contributed by atoms with Crippen LogP contribution in [0.25, 0.3) is 12.2 Å². The Kier molecular flexibility index (Phi) is 20.5. The third-order valence-electron chi connectivity index (χ3n) is 11.3. The molecule has 2 aromatic carbocycles. The summed E-state index contributed by atoms with van der Waals surface area (Å²) in [6, 6.07) is 28.5. The van der Waals surface area contributed by atoms with Crippen LogP contribution in [-0.2, 0) is 54.9 Å². The van der Waals surface area contributed by atoms with Gasteiger partial charge in [-0.2, -0.15) is 0 Å². The minimum absolute atomic E-state index is 0.0763. The van der Waals surface area contributed by atoms with Gasteiger partial charge in [0.05, 0.1) is 0 Å². The van der Waals surface area contributed by atoms with Gasteiger partial charge in [-0.25, -0.2) is 0 Å². The Bertz CT molecular complexity index is 2940. The van der Waals surface area contributed by atoms with Crippen LogP contribution >= 0.6 is 59.9 Å². The zero-order valence-corrected chi connectivity index (χ0v) is 50.5. The number of nitrogens with one attached hydrogen (secondary N) is 1. The Morgan fingerprint density at radius 2 is 0.847 bits per heavy atom. The third-order valence-corrected chi connectivity index (χ3v) is 22.0. The number of aldehydes is 1. The smallest absolute Gasteiger partial charge is 0.0211 e. The normalized spacial score (nSPS) is 16.3. The van der Waals surface area contributed by atoms with Gasteiger partial charge in [0.1, 0.15) is 6.42 Å². The number of thiocarbonyl (C=S) groups is 3. The summed E-state index contributed by atoms with van der Waals surface area (Å²) in [7, 11) is 9.46. The second kappa shape index (κ2) is 25.9. The number of fused-ring (bicyclic) bond motifs is 2. The Balaban J connectivity index is 0.000000159. The van der Waals surface area contributed by atoms with Gasteiger partial charge in [-0.05, 0) is 23.3 Å². The molecule has 5 aliphatic rings. The Morgan fingerprint density at radius 3 is 1.22 bits per heavy atom. The molecule has 8 heterocycles. The number of anilines is 1. The molecule has 0 atom stereocenters. The SMILES string of the molecule is CN1C(=O)C(=Cc2ccc(Cl)[te]2)C(=O)N(C)C1=S.CN1C(=O)C(=Cc2ccc(N3Cc4ccccc4C3)[te]2)C(=O)N(C)C1=S.CN1C(=O)CC(=O)N(C)C1=S.O=Cc1ccc(Cl)[te]1.c1ccc2c(c1)CNC2. The molecule has 0 unspecified atom stereocenters. The molecule has 15 nitrogen and oxygen atoms in total. The van der Waals surface area contributed by atoms with Crippen molar-refractivity contribution < 1.29 is 33.6 Å². The van der Waals surface area contributed by atoms with E-state index in [1.165, 1.54) is 55.4 Å². The van der Waals surface area contributed by atoms with Crippen molar-refractivity contribution in [3.05, 3.63) is 135 Å². The fourth-order valence-corrected chi connectivity index (χ4v) is 15.2. The van der Waals surface area contributed by atoms with E-state index in [4.69, 9.17) is 59.9 Å². The van der Waals surface area contributed by atoms with Gasteiger partial charge in [0, 0.05) is 27.2 Å². The van der Waals surface area contributed by atoms with E-state index in [2.05, 4.69) is 64.8 Å². The zero-order valence-electron chi connectivity index (χ0n) is 39.5. The van der Waals surface area contributed by atoms with Gasteiger partial charge in [-0.15, -0.1) is 0 Å². The number of hydrogen-bond donors (Lipinski definition) is 1. The van der Waals surface area contributed by atoms with Crippen molar-refractivity contribution in [3.8, 4) is 0 Å². The van der Waals surface area contributed by atoms with Gasteiger partial charge in [0.15, 0.2) is 5.11 Å². The average Bonchev–Trinajstić information content (AvgIpc) is 4.25. The predicted octanol–water partition coefficient (Wildman–Crippen LogP) is 4.95. The van der Waals surface area contributed by atoms with Crippen molar-refractivity contribution in [3.63, 3.8) is 0 Å². The summed E-state index contributed by atoms with van der Waals surface area (Å²) < 4.78 is 5.98. The number of carbonyl (C=O) groups is 7. The van der Waals surface area contributed by atoms with Crippen molar-refractivity contribution >= 4 is 194 Å². The molecule has 5 aromatic rings. The number of hydrogen-bond acceptors (Lipinski definition) is 12. The average molecular weight is 1410 g/mol. The van der Waals surface area contributed by atoms with E-state index in [9.17, 15) is 33.6 Å². The second-order valence-electron chi connectivity index (χ2n) is 16.1. The first-order valence-corrected chi connectivity index (χ1v) is 30.5. The van der Waals surface area contributed by atoms with Crippen molar-refractivity contribution in [2.75, 3.05) is 47.2 Å². The maximum atomic E-state index is 12.4. The summed E-state index contributed by atoms with van der Waals surface area (Å²) in [6.07, 6.45) is 4.20. The molecular formula is C49H46Cl2N8O7S3Te3. The van der Waals surface area contributed by atoms with Gasteiger partial charge in [0.25, 0.3) is 0 Å². The largest absolute Gasteiger partial charge is 0.309 e. The monoisotopic (exact) mass is 1410 g/mol. The Labute approximate surface area is 472 Å². The summed E-state index contributed by atoms with van der Waals surface area (Å²) in [5, 5.41) is 4.01. The number of likely N-dealkylation sites (N-methyl/N-ethyl adjacent to an activating group) is 4. The van der Waals surface area contributed by atoms with Crippen LogP contribution < -0.4 is 10.2 Å². The topological polar surface area (TPSA) is 154 Å². The van der Waals surface area contributed by atoms with Crippen molar-refractivity contribution in [1.82, 2.24) is 34.7 Å². The number of rotatable bonds is 4. The molecular weight excluding hydrogens is 1360 g/mol. The molecule has 0 saturated carbocycles. The summed E-state index contributed by atoms with van der Waals surface area (Å²) in [6.45, 7) is 3.97. The van der Waals surface area contributed by atoms with E-state index in [1.807, 2.05) is 18.2 Å². The van der Waals surface area contributed by atoms with Crippen molar-refractivity contribution in [1.29, 1.82) is 0 Å². The molecule has 3 saturated heterocycles. The fourth-order valence-electron chi connectivity index (χ4n) is 7.15. The summed E-state index contributed by atoms with van der Waals surface area (Å²) in [5.74, 6) is -1.85. The number of halogens is 2. The van der Waals surface area contributed by atoms with Crippen LogP contribution in [0.2, 0.25) is 6.08 Å². The molecule has 374 valence electrons. The second-order valence-corrected chi connectivity index (χ2v) is 28.9. The van der Waals surface area contributed by atoms with Crippen LogP contribution in [0.15, 0.2) is 96.1 Å². The Morgan fingerprint density at radius 1 is 0.486 bits per heavy atom. The van der Waals surface area contributed by atoms with E-state index in [-0.39, 0.29) is 68.3 Å².